The van der Waals surface area contributed by atoms with E-state index in [1.807, 2.05) is 0 Å². The van der Waals surface area contributed by atoms with Crippen molar-refractivity contribution in [1.82, 2.24) is 30.0 Å². The van der Waals surface area contributed by atoms with E-state index in [2.05, 4.69) is 37.2 Å². The lowest BCUT2D eigenvalue weighted by Crippen LogP contribution is -2.35. The first kappa shape index (κ1) is 37.0. The smallest absolute Gasteiger partial charge is 0.378 e. The number of hydrogen-bond acceptors (Lipinski definition) is 6. The van der Waals surface area contributed by atoms with Crippen LogP contribution in [-0.4, -0.2) is 41.3 Å². The minimum Gasteiger partial charge on any atom is -0.378 e. The summed E-state index contributed by atoms with van der Waals surface area (Å²) in [6.45, 7) is 1.71. The van der Waals surface area contributed by atoms with Gasteiger partial charge in [0.1, 0.15) is 35.2 Å². The largest absolute Gasteiger partial charge is 0.435 e. The van der Waals surface area contributed by atoms with Gasteiger partial charge in [-0.1, -0.05) is 18.1 Å². The number of carbonyl (C=O) groups excluding carboxylic acids is 1. The Morgan fingerprint density at radius 1 is 1.06 bits per heavy atom. The topological polar surface area (TPSA) is 146 Å². The molecule has 0 aliphatic heterocycles. The van der Waals surface area contributed by atoms with Gasteiger partial charge in [-0.3, -0.25) is 19.3 Å². The van der Waals surface area contributed by atoms with Crippen LogP contribution >= 0.6 is 0 Å². The third-order valence-electron chi connectivity index (χ3n) is 8.39. The molecule has 3 aromatic heterocycles. The fourth-order valence-corrected chi connectivity index (χ4v) is 6.32. The molecule has 1 aliphatic rings. The molecule has 0 saturated carbocycles. The number of alkyl halides is 5. The molecule has 53 heavy (non-hydrogen) atoms. The Morgan fingerprint density at radius 2 is 1.77 bits per heavy atom. The van der Waals surface area contributed by atoms with Crippen LogP contribution in [0, 0.1) is 23.5 Å². The number of hydrogen-bond donors (Lipinski definition) is 4. The van der Waals surface area contributed by atoms with Crippen molar-refractivity contribution in [1.29, 1.82) is 0 Å². The van der Waals surface area contributed by atoms with Gasteiger partial charge in [-0.2, -0.15) is 27.1 Å². The van der Waals surface area contributed by atoms with Crippen LogP contribution in [0.1, 0.15) is 66.6 Å². The second-order valence-corrected chi connectivity index (χ2v) is 13.1. The number of fused-ring (bicyclic) bond motifs is 2. The molecule has 17 heteroatoms. The number of pyridine rings is 1. The fourth-order valence-electron chi connectivity index (χ4n) is 6.32. The van der Waals surface area contributed by atoms with Gasteiger partial charge in [0, 0.05) is 29.2 Å². The van der Waals surface area contributed by atoms with Crippen LogP contribution in [0.25, 0.3) is 22.0 Å². The number of aromatic nitrogens is 5. The zero-order valence-corrected chi connectivity index (χ0v) is 27.9. The first-order valence-corrected chi connectivity index (χ1v) is 16.1. The highest BCUT2D eigenvalue weighted by Gasteiger charge is 2.48. The molecular weight excluding hydrogens is 713 g/mol. The minimum atomic E-state index is -5.09. The van der Waals surface area contributed by atoms with Gasteiger partial charge in [-0.15, -0.1) is 0 Å². The van der Waals surface area contributed by atoms with E-state index in [1.54, 1.807) is 0 Å². The molecule has 1 atom stereocenters. The van der Waals surface area contributed by atoms with Gasteiger partial charge in [0.05, 0.1) is 22.6 Å². The van der Waals surface area contributed by atoms with Crippen molar-refractivity contribution in [2.24, 2.45) is 0 Å². The maximum absolute atomic E-state index is 15.1. The number of rotatable bonds is 7. The summed E-state index contributed by atoms with van der Waals surface area (Å²) in [5.41, 5.74) is -5.99. The van der Waals surface area contributed by atoms with Gasteiger partial charge in [0.15, 0.2) is 5.69 Å². The first-order chi connectivity index (χ1) is 24.8. The van der Waals surface area contributed by atoms with Crippen molar-refractivity contribution in [3.8, 4) is 23.0 Å². The van der Waals surface area contributed by atoms with E-state index >= 15 is 8.78 Å². The van der Waals surface area contributed by atoms with Crippen LogP contribution in [0.4, 0.5) is 30.7 Å². The maximum Gasteiger partial charge on any atom is 0.435 e. The average Bonchev–Trinajstić information content (AvgIpc) is 3.42. The summed E-state index contributed by atoms with van der Waals surface area (Å²) in [5, 5.41) is 16.2. The molecule has 276 valence electrons. The molecule has 3 heterocycles. The summed E-state index contributed by atoms with van der Waals surface area (Å²) in [6.07, 6.45) is -6.84. The van der Waals surface area contributed by atoms with E-state index in [9.17, 15) is 41.4 Å². The van der Waals surface area contributed by atoms with Crippen LogP contribution < -0.4 is 16.6 Å². The van der Waals surface area contributed by atoms with E-state index in [4.69, 9.17) is 0 Å². The van der Waals surface area contributed by atoms with Crippen molar-refractivity contribution in [2.75, 3.05) is 0 Å². The zero-order chi connectivity index (χ0) is 38.5. The Bertz CT molecular complexity index is 2410. The molecule has 0 bridgehead atoms. The number of aliphatic hydroxyl groups is 1. The first-order valence-electron chi connectivity index (χ1n) is 16.1. The number of H-pyrrole nitrogens is 2. The van der Waals surface area contributed by atoms with Gasteiger partial charge in [0.2, 0.25) is 5.91 Å². The molecular formula is C36H29F7N6O4. The monoisotopic (exact) mass is 742 g/mol. The Morgan fingerprint density at radius 3 is 2.45 bits per heavy atom. The Labute approximate surface area is 295 Å². The molecule has 6 rings (SSSR count). The van der Waals surface area contributed by atoms with Crippen molar-refractivity contribution < 1.29 is 40.6 Å². The summed E-state index contributed by atoms with van der Waals surface area (Å²) in [7, 11) is 0. The maximum atomic E-state index is 15.1. The van der Waals surface area contributed by atoms with E-state index in [0.29, 0.717) is 10.7 Å². The van der Waals surface area contributed by atoms with Crippen LogP contribution in [0.5, 0.6) is 0 Å². The van der Waals surface area contributed by atoms with E-state index < -0.39 is 88.9 Å². The van der Waals surface area contributed by atoms with Gasteiger partial charge < -0.3 is 15.4 Å². The summed E-state index contributed by atoms with van der Waals surface area (Å²) in [5.74, 6) is -1.51. The van der Waals surface area contributed by atoms with Crippen LogP contribution in [0.2, 0.25) is 0 Å². The Balaban J connectivity index is 1.52. The number of nitrogens with one attached hydrogen (secondary N) is 3. The molecule has 0 saturated heterocycles. The number of halogens is 7. The second kappa shape index (κ2) is 13.7. The molecule has 0 radical (unpaired) electrons. The number of nitrogens with zero attached hydrogens (tertiary/aromatic N) is 3. The van der Waals surface area contributed by atoms with Crippen LogP contribution in [-0.2, 0) is 36.3 Å². The normalized spacial score (nSPS) is 14.7. The highest BCUT2D eigenvalue weighted by atomic mass is 19.4. The Hall–Kier alpha value is -5.76. The molecule has 2 aromatic carbocycles. The van der Waals surface area contributed by atoms with Gasteiger partial charge in [0.25, 0.3) is 11.5 Å². The predicted octanol–water partition coefficient (Wildman–Crippen LogP) is 5.42. The number of carbonyl (C=O) groups is 1. The molecule has 4 N–H and O–H groups in total. The van der Waals surface area contributed by atoms with Crippen molar-refractivity contribution in [2.45, 2.75) is 69.8 Å². The number of aromatic amines is 2. The number of para-hydroxylation sites is 1. The van der Waals surface area contributed by atoms with Crippen molar-refractivity contribution >= 4 is 16.8 Å². The molecule has 5 aromatic rings. The van der Waals surface area contributed by atoms with Gasteiger partial charge >= 0.3 is 11.9 Å². The number of benzene rings is 2. The fraction of sp³-hybridized carbons (Fsp3) is 0.306. The summed E-state index contributed by atoms with van der Waals surface area (Å²) in [6, 6.07) is 8.47. The molecule has 10 nitrogen and oxygen atoms in total. The summed E-state index contributed by atoms with van der Waals surface area (Å²) in [4.78, 5) is 48.0. The van der Waals surface area contributed by atoms with E-state index in [-0.39, 0.29) is 51.8 Å². The Kier molecular flexibility index (Phi) is 9.54. The molecule has 1 amide bonds. The standard InChI is InChI=1S/C36H29F7N6O4/c1-34(2,53)12-10-21-8-9-23(22-5-3-6-24-28(22)46-33(52)47-32(24)51)29(44-21)26(15-18-13-19(37)16-20(38)14-18)45-27(50)17-49-31-25(7-4-11-35(31,39)40)30(48-49)36(41,42)43/h3,5-6,8-9,13-14,16,26,53H,4,7,11,15,17H2,1-2H3,(H,45,50)(H2,46,47,51,52). The molecule has 0 spiro atoms. The lowest BCUT2D eigenvalue weighted by molar-refractivity contribution is -0.142. The quantitative estimate of drug-likeness (QED) is 0.130. The van der Waals surface area contributed by atoms with E-state index in [1.165, 1.54) is 44.2 Å². The van der Waals surface area contributed by atoms with E-state index in [0.717, 1.165) is 12.1 Å². The van der Waals surface area contributed by atoms with Crippen molar-refractivity contribution in [3.63, 3.8) is 0 Å². The SMILES string of the molecule is CC(C)(O)C#Cc1ccc(-c2cccc3c(=O)[nH]c(=O)[nH]c23)c(C(Cc2cc(F)cc(F)c2)NC(=O)Cn2nc(C(F)(F)F)c3c2C(F)(F)CCC3)n1. The molecule has 0 fully saturated rings. The van der Waals surface area contributed by atoms with Crippen LogP contribution in [0.15, 0.2) is 58.1 Å². The minimum absolute atomic E-state index is 0.0151. The average molecular weight is 743 g/mol. The van der Waals surface area contributed by atoms with Gasteiger partial charge in [-0.25, -0.2) is 18.6 Å². The highest BCUT2D eigenvalue weighted by molar-refractivity contribution is 5.93. The third-order valence-corrected chi connectivity index (χ3v) is 8.39. The zero-order valence-electron chi connectivity index (χ0n) is 27.9. The lowest BCUT2D eigenvalue weighted by Gasteiger charge is -2.25. The molecule has 1 unspecified atom stereocenters. The third kappa shape index (κ3) is 8.02. The lowest BCUT2D eigenvalue weighted by atomic mass is 9.92. The van der Waals surface area contributed by atoms with Crippen molar-refractivity contribution in [3.05, 3.63) is 115 Å². The predicted molar refractivity (Wildman–Crippen MR) is 177 cm³/mol. The highest BCUT2D eigenvalue weighted by Crippen LogP contribution is 2.45. The summed E-state index contributed by atoms with van der Waals surface area (Å²) < 4.78 is 101. The second-order valence-electron chi connectivity index (χ2n) is 13.1. The molecule has 1 aliphatic carbocycles. The number of amides is 1. The summed E-state index contributed by atoms with van der Waals surface area (Å²) >= 11 is 0. The van der Waals surface area contributed by atoms with Gasteiger partial charge in [-0.05, 0) is 74.9 Å². The van der Waals surface area contributed by atoms with Crippen LogP contribution in [0.3, 0.4) is 0 Å².